The second-order valence-electron chi connectivity index (χ2n) is 5.38. The van der Waals surface area contributed by atoms with Crippen LogP contribution in [0.15, 0.2) is 60.7 Å². The fraction of sp³-hybridized carbons (Fsp3) is 0.105. The van der Waals surface area contributed by atoms with Crippen molar-refractivity contribution in [3.63, 3.8) is 0 Å². The first-order valence-electron chi connectivity index (χ1n) is 7.41. The van der Waals surface area contributed by atoms with Crippen LogP contribution >= 0.6 is 11.6 Å². The molecule has 2 nitrogen and oxygen atoms in total. The molecule has 0 saturated carbocycles. The van der Waals surface area contributed by atoms with E-state index >= 15 is 0 Å². The van der Waals surface area contributed by atoms with Gasteiger partial charge in [0, 0.05) is 6.54 Å². The van der Waals surface area contributed by atoms with Crippen molar-refractivity contribution in [2.24, 2.45) is 0 Å². The van der Waals surface area contributed by atoms with E-state index in [-0.39, 0.29) is 6.54 Å². The van der Waals surface area contributed by atoms with Crippen LogP contribution in [0.25, 0.3) is 10.8 Å². The van der Waals surface area contributed by atoms with Crippen LogP contribution in [0.3, 0.4) is 0 Å². The summed E-state index contributed by atoms with van der Waals surface area (Å²) in [6.07, 6.45) is 0. The molecule has 0 fully saturated rings. The van der Waals surface area contributed by atoms with Gasteiger partial charge in [-0.1, -0.05) is 42.5 Å². The maximum absolute atomic E-state index is 13.6. The average molecular weight is 346 g/mol. The highest BCUT2D eigenvalue weighted by Gasteiger charge is 2.18. The van der Waals surface area contributed by atoms with E-state index in [2.05, 4.69) is 5.32 Å². The zero-order chi connectivity index (χ0) is 17.1. The summed E-state index contributed by atoms with van der Waals surface area (Å²) in [6, 6.07) is 16.9. The molecule has 0 unspecified atom stereocenters. The molecule has 0 aliphatic carbocycles. The summed E-state index contributed by atoms with van der Waals surface area (Å²) >= 11 is 6.32. The van der Waals surface area contributed by atoms with Gasteiger partial charge in [-0.05, 0) is 34.5 Å². The van der Waals surface area contributed by atoms with E-state index in [0.29, 0.717) is 0 Å². The van der Waals surface area contributed by atoms with Crippen molar-refractivity contribution in [2.45, 2.75) is 5.38 Å². The van der Waals surface area contributed by atoms with Crippen LogP contribution in [0, 0.1) is 11.6 Å². The third-order valence-corrected chi connectivity index (χ3v) is 4.17. The average Bonchev–Trinajstić information content (AvgIpc) is 2.59. The maximum atomic E-state index is 13.6. The summed E-state index contributed by atoms with van der Waals surface area (Å²) in [5, 5.41) is 4.09. The van der Waals surface area contributed by atoms with Crippen molar-refractivity contribution < 1.29 is 13.6 Å². The molecule has 0 aliphatic heterocycles. The van der Waals surface area contributed by atoms with Crippen LogP contribution in [0.4, 0.5) is 8.78 Å². The highest BCUT2D eigenvalue weighted by atomic mass is 35.5. The van der Waals surface area contributed by atoms with Gasteiger partial charge < -0.3 is 5.32 Å². The van der Waals surface area contributed by atoms with E-state index in [9.17, 15) is 13.6 Å². The van der Waals surface area contributed by atoms with Crippen molar-refractivity contribution in [3.8, 4) is 0 Å². The Morgan fingerprint density at radius 3 is 2.33 bits per heavy atom. The van der Waals surface area contributed by atoms with Crippen LogP contribution in [0.1, 0.15) is 21.3 Å². The molecule has 1 N–H and O–H groups in total. The molecule has 1 atom stereocenters. The number of carbonyl (C=O) groups is 1. The number of carbonyl (C=O) groups excluding carboxylic acids is 1. The molecule has 0 radical (unpaired) electrons. The van der Waals surface area contributed by atoms with Crippen molar-refractivity contribution in [2.75, 3.05) is 6.54 Å². The summed E-state index contributed by atoms with van der Waals surface area (Å²) in [5.74, 6) is -2.62. The SMILES string of the molecule is O=C(NC[C@H](Cl)c1ccc2ccccc2c1)c1c(F)cccc1F. The summed E-state index contributed by atoms with van der Waals surface area (Å²) in [6.45, 7) is 0.0620. The van der Waals surface area contributed by atoms with Gasteiger partial charge in [0.2, 0.25) is 0 Å². The van der Waals surface area contributed by atoms with Gasteiger partial charge in [-0.2, -0.15) is 0 Å². The molecule has 0 saturated heterocycles. The number of hydrogen-bond donors (Lipinski definition) is 1. The molecule has 0 bridgehead atoms. The van der Waals surface area contributed by atoms with E-state index in [1.165, 1.54) is 6.07 Å². The summed E-state index contributed by atoms with van der Waals surface area (Å²) in [7, 11) is 0. The third kappa shape index (κ3) is 3.39. The summed E-state index contributed by atoms with van der Waals surface area (Å²) in [5.41, 5.74) is 0.226. The lowest BCUT2D eigenvalue weighted by molar-refractivity contribution is 0.0945. The zero-order valence-electron chi connectivity index (χ0n) is 12.6. The van der Waals surface area contributed by atoms with Gasteiger partial charge in [0.05, 0.1) is 5.38 Å². The second-order valence-corrected chi connectivity index (χ2v) is 5.91. The Balaban J connectivity index is 1.72. The van der Waals surface area contributed by atoms with Crippen LogP contribution in [0.2, 0.25) is 0 Å². The van der Waals surface area contributed by atoms with Crippen LogP contribution in [0.5, 0.6) is 0 Å². The number of fused-ring (bicyclic) bond motifs is 1. The number of benzene rings is 3. The topological polar surface area (TPSA) is 29.1 Å². The van der Waals surface area contributed by atoms with Gasteiger partial charge >= 0.3 is 0 Å². The predicted octanol–water partition coefficient (Wildman–Crippen LogP) is 4.83. The van der Waals surface area contributed by atoms with Gasteiger partial charge in [0.25, 0.3) is 5.91 Å². The fourth-order valence-electron chi connectivity index (χ4n) is 2.51. The molecule has 122 valence electrons. The molecule has 0 heterocycles. The van der Waals surface area contributed by atoms with E-state index in [1.54, 1.807) is 0 Å². The van der Waals surface area contributed by atoms with E-state index < -0.39 is 28.5 Å². The standard InChI is InChI=1S/C19H14ClF2NO/c20-15(14-9-8-12-4-1-2-5-13(12)10-14)11-23-19(24)18-16(21)6-3-7-17(18)22/h1-10,15H,11H2,(H,23,24)/t15-/m0/s1. The molecule has 3 aromatic rings. The van der Waals surface area contributed by atoms with Crippen LogP contribution < -0.4 is 5.32 Å². The lowest BCUT2D eigenvalue weighted by Crippen LogP contribution is -2.28. The van der Waals surface area contributed by atoms with E-state index in [4.69, 9.17) is 11.6 Å². The number of amides is 1. The molecule has 0 aliphatic rings. The first-order chi connectivity index (χ1) is 11.6. The van der Waals surface area contributed by atoms with E-state index in [0.717, 1.165) is 28.5 Å². The number of nitrogens with one attached hydrogen (secondary N) is 1. The Morgan fingerprint density at radius 1 is 0.958 bits per heavy atom. The van der Waals surface area contributed by atoms with Crippen molar-refractivity contribution in [3.05, 3.63) is 83.4 Å². The number of rotatable bonds is 4. The highest BCUT2D eigenvalue weighted by molar-refractivity contribution is 6.21. The summed E-state index contributed by atoms with van der Waals surface area (Å²) < 4.78 is 27.2. The number of hydrogen-bond acceptors (Lipinski definition) is 1. The third-order valence-electron chi connectivity index (χ3n) is 3.77. The Hall–Kier alpha value is -2.46. The largest absolute Gasteiger partial charge is 0.350 e. The Bertz CT molecular complexity index is 877. The van der Waals surface area contributed by atoms with Gasteiger partial charge in [-0.3, -0.25) is 4.79 Å². The normalized spacial score (nSPS) is 12.1. The van der Waals surface area contributed by atoms with Gasteiger partial charge in [0.15, 0.2) is 0 Å². The van der Waals surface area contributed by atoms with Gasteiger partial charge in [0.1, 0.15) is 17.2 Å². The van der Waals surface area contributed by atoms with Gasteiger partial charge in [-0.25, -0.2) is 8.78 Å². The molecular weight excluding hydrogens is 332 g/mol. The lowest BCUT2D eigenvalue weighted by Gasteiger charge is -2.13. The molecule has 24 heavy (non-hydrogen) atoms. The maximum Gasteiger partial charge on any atom is 0.257 e. The van der Waals surface area contributed by atoms with Gasteiger partial charge in [-0.15, -0.1) is 11.6 Å². The fourth-order valence-corrected chi connectivity index (χ4v) is 2.72. The molecule has 5 heteroatoms. The Labute approximate surface area is 143 Å². The van der Waals surface area contributed by atoms with Crippen molar-refractivity contribution in [1.82, 2.24) is 5.32 Å². The minimum atomic E-state index is -0.899. The zero-order valence-corrected chi connectivity index (χ0v) is 13.4. The Morgan fingerprint density at radius 2 is 1.62 bits per heavy atom. The van der Waals surface area contributed by atoms with Crippen LogP contribution in [-0.4, -0.2) is 12.5 Å². The lowest BCUT2D eigenvalue weighted by atomic mass is 10.0. The molecule has 1 amide bonds. The number of alkyl halides is 1. The van der Waals surface area contributed by atoms with Crippen LogP contribution in [-0.2, 0) is 0 Å². The quantitative estimate of drug-likeness (QED) is 0.674. The molecule has 3 aromatic carbocycles. The minimum Gasteiger partial charge on any atom is -0.350 e. The van der Waals surface area contributed by atoms with Crippen molar-refractivity contribution in [1.29, 1.82) is 0 Å². The number of halogens is 3. The second kappa shape index (κ2) is 6.97. The molecule has 3 rings (SSSR count). The molecule has 0 aromatic heterocycles. The van der Waals surface area contributed by atoms with E-state index in [1.807, 2.05) is 42.5 Å². The minimum absolute atomic E-state index is 0.0620. The first-order valence-corrected chi connectivity index (χ1v) is 7.85. The van der Waals surface area contributed by atoms with Crippen molar-refractivity contribution >= 4 is 28.3 Å². The highest BCUT2D eigenvalue weighted by Crippen LogP contribution is 2.24. The monoisotopic (exact) mass is 345 g/mol. The molecular formula is C19H14ClF2NO. The summed E-state index contributed by atoms with van der Waals surface area (Å²) in [4.78, 5) is 12.0. The first kappa shape index (κ1) is 16.4. The molecule has 0 spiro atoms. The Kier molecular flexibility index (Phi) is 4.76. The predicted molar refractivity (Wildman–Crippen MR) is 91.2 cm³/mol. The smallest absolute Gasteiger partial charge is 0.257 e.